The summed E-state index contributed by atoms with van der Waals surface area (Å²) in [6, 6.07) is 20.6. The van der Waals surface area contributed by atoms with E-state index in [0.717, 1.165) is 25.8 Å². The van der Waals surface area contributed by atoms with Crippen molar-refractivity contribution in [3.63, 3.8) is 0 Å². The summed E-state index contributed by atoms with van der Waals surface area (Å²) in [5.41, 5.74) is 4.91. The number of hydrazone groups is 1. The number of amides is 1. The summed E-state index contributed by atoms with van der Waals surface area (Å²) < 4.78 is 12.9. The topological polar surface area (TPSA) is 59.9 Å². The summed E-state index contributed by atoms with van der Waals surface area (Å²) >= 11 is 7.07. The van der Waals surface area contributed by atoms with Gasteiger partial charge in [0.1, 0.15) is 18.1 Å². The quantitative estimate of drug-likeness (QED) is 0.288. The van der Waals surface area contributed by atoms with Gasteiger partial charge in [0.25, 0.3) is 5.91 Å². The van der Waals surface area contributed by atoms with Gasteiger partial charge in [-0.2, -0.15) is 5.10 Å². The van der Waals surface area contributed by atoms with E-state index in [1.165, 1.54) is 0 Å². The summed E-state index contributed by atoms with van der Waals surface area (Å²) in [7, 11) is 0. The number of carbonyl (C=O) groups excluding carboxylic acids is 1. The number of nitrogens with one attached hydrogen (secondary N) is 1. The van der Waals surface area contributed by atoms with Gasteiger partial charge in [-0.1, -0.05) is 30.3 Å². The molecular weight excluding hydrogens is 512 g/mol. The first-order chi connectivity index (χ1) is 14.6. The van der Waals surface area contributed by atoms with Gasteiger partial charge in [-0.05, 0) is 86.3 Å². The van der Waals surface area contributed by atoms with E-state index in [9.17, 15) is 4.79 Å². The van der Waals surface area contributed by atoms with Crippen LogP contribution in [-0.2, 0) is 6.61 Å². The van der Waals surface area contributed by atoms with E-state index >= 15 is 0 Å². The second kappa shape index (κ2) is 10.9. The molecule has 0 aliphatic carbocycles. The van der Waals surface area contributed by atoms with Crippen molar-refractivity contribution in [2.45, 2.75) is 13.5 Å². The summed E-state index contributed by atoms with van der Waals surface area (Å²) in [6.45, 7) is 2.95. The van der Waals surface area contributed by atoms with E-state index in [4.69, 9.17) is 9.47 Å². The average molecular weight is 532 g/mol. The molecule has 154 valence electrons. The predicted molar refractivity (Wildman–Crippen MR) is 125 cm³/mol. The highest BCUT2D eigenvalue weighted by atomic mass is 79.9. The Balaban J connectivity index is 1.60. The van der Waals surface area contributed by atoms with Crippen LogP contribution in [0, 0.1) is 0 Å². The van der Waals surface area contributed by atoms with E-state index in [-0.39, 0.29) is 5.91 Å². The molecule has 0 unspecified atom stereocenters. The average Bonchev–Trinajstić information content (AvgIpc) is 2.74. The zero-order valence-corrected chi connectivity index (χ0v) is 19.4. The van der Waals surface area contributed by atoms with Crippen LogP contribution >= 0.6 is 31.9 Å². The van der Waals surface area contributed by atoms with Gasteiger partial charge in [-0.15, -0.1) is 0 Å². The highest BCUT2D eigenvalue weighted by Gasteiger charge is 2.09. The van der Waals surface area contributed by atoms with Crippen LogP contribution in [0.5, 0.6) is 11.5 Å². The Kier molecular flexibility index (Phi) is 8.04. The van der Waals surface area contributed by atoms with Crippen molar-refractivity contribution in [2.75, 3.05) is 6.61 Å². The fourth-order valence-electron chi connectivity index (χ4n) is 2.62. The van der Waals surface area contributed by atoms with Crippen molar-refractivity contribution in [1.82, 2.24) is 5.43 Å². The molecule has 0 aliphatic rings. The summed E-state index contributed by atoms with van der Waals surface area (Å²) in [5.74, 6) is 1.13. The molecule has 3 aromatic rings. The normalized spacial score (nSPS) is 10.8. The molecule has 7 heteroatoms. The molecule has 0 fully saturated rings. The molecule has 0 bridgehead atoms. The van der Waals surface area contributed by atoms with E-state index in [0.29, 0.717) is 24.5 Å². The monoisotopic (exact) mass is 530 g/mol. The second-order valence-corrected chi connectivity index (χ2v) is 7.95. The van der Waals surface area contributed by atoms with Crippen molar-refractivity contribution in [3.8, 4) is 11.5 Å². The Morgan fingerprint density at radius 2 is 1.67 bits per heavy atom. The number of nitrogens with zero attached hydrogens (tertiary/aromatic N) is 1. The number of hydrogen-bond acceptors (Lipinski definition) is 4. The lowest BCUT2D eigenvalue weighted by Gasteiger charge is -2.11. The Morgan fingerprint density at radius 1 is 1.00 bits per heavy atom. The molecule has 0 saturated carbocycles. The number of hydrogen-bond donors (Lipinski definition) is 1. The molecule has 1 N–H and O–H groups in total. The fourth-order valence-corrected chi connectivity index (χ4v) is 4.07. The van der Waals surface area contributed by atoms with Crippen LogP contribution in [-0.4, -0.2) is 18.7 Å². The minimum Gasteiger partial charge on any atom is -0.494 e. The van der Waals surface area contributed by atoms with Crippen molar-refractivity contribution >= 4 is 44.0 Å². The number of benzene rings is 3. The highest BCUT2D eigenvalue weighted by Crippen LogP contribution is 2.35. The molecule has 0 radical (unpaired) electrons. The third kappa shape index (κ3) is 6.18. The van der Waals surface area contributed by atoms with Gasteiger partial charge < -0.3 is 9.47 Å². The highest BCUT2D eigenvalue weighted by molar-refractivity contribution is 9.11. The van der Waals surface area contributed by atoms with Crippen molar-refractivity contribution in [2.24, 2.45) is 5.10 Å². The minimum atomic E-state index is -0.296. The van der Waals surface area contributed by atoms with Gasteiger partial charge in [0.15, 0.2) is 0 Å². The predicted octanol–water partition coefficient (Wildman–Crippen LogP) is 5.95. The largest absolute Gasteiger partial charge is 0.494 e. The van der Waals surface area contributed by atoms with Gasteiger partial charge in [-0.25, -0.2) is 5.43 Å². The SMILES string of the molecule is CCOc1ccc(C(=O)N/N=C\c2cc(Br)c(OCc3ccccc3)c(Br)c2)cc1. The third-order valence-electron chi connectivity index (χ3n) is 4.05. The number of ether oxygens (including phenoxy) is 2. The van der Waals surface area contributed by atoms with E-state index in [1.807, 2.05) is 49.4 Å². The maximum Gasteiger partial charge on any atom is 0.271 e. The summed E-state index contributed by atoms with van der Waals surface area (Å²) in [5, 5.41) is 4.04. The number of halogens is 2. The van der Waals surface area contributed by atoms with Crippen LogP contribution in [0.15, 0.2) is 80.8 Å². The lowest BCUT2D eigenvalue weighted by Crippen LogP contribution is -2.17. The standard InChI is InChI=1S/C23H20Br2N2O3/c1-2-29-19-10-8-18(9-11-19)23(28)27-26-14-17-12-20(24)22(21(25)13-17)30-15-16-6-4-3-5-7-16/h3-14H,2,15H2,1H3,(H,27,28)/b26-14-. The molecule has 3 aromatic carbocycles. The lowest BCUT2D eigenvalue weighted by molar-refractivity contribution is 0.0955. The van der Waals surface area contributed by atoms with Crippen LogP contribution < -0.4 is 14.9 Å². The summed E-state index contributed by atoms with van der Waals surface area (Å²) in [6.07, 6.45) is 1.57. The zero-order valence-electron chi connectivity index (χ0n) is 16.3. The van der Waals surface area contributed by atoms with Gasteiger partial charge in [0.2, 0.25) is 0 Å². The molecule has 0 aliphatic heterocycles. The number of carbonyl (C=O) groups is 1. The molecule has 0 aromatic heterocycles. The van der Waals surface area contributed by atoms with Gasteiger partial charge in [0, 0.05) is 5.56 Å². The Labute approximate surface area is 192 Å². The lowest BCUT2D eigenvalue weighted by atomic mass is 10.2. The van der Waals surface area contributed by atoms with Crippen LogP contribution in [0.3, 0.4) is 0 Å². The van der Waals surface area contributed by atoms with Crippen LogP contribution in [0.1, 0.15) is 28.4 Å². The molecule has 0 heterocycles. The van der Waals surface area contributed by atoms with Crippen molar-refractivity contribution in [3.05, 3.63) is 92.4 Å². The maximum absolute atomic E-state index is 12.2. The smallest absolute Gasteiger partial charge is 0.271 e. The first-order valence-electron chi connectivity index (χ1n) is 9.29. The first-order valence-corrected chi connectivity index (χ1v) is 10.9. The maximum atomic E-state index is 12.2. The Bertz CT molecular complexity index is 999. The van der Waals surface area contributed by atoms with Crippen molar-refractivity contribution in [1.29, 1.82) is 0 Å². The van der Waals surface area contributed by atoms with Crippen LogP contribution in [0.2, 0.25) is 0 Å². The molecule has 0 saturated heterocycles. The zero-order chi connectivity index (χ0) is 21.3. The summed E-state index contributed by atoms with van der Waals surface area (Å²) in [4.78, 5) is 12.2. The van der Waals surface area contributed by atoms with Crippen molar-refractivity contribution < 1.29 is 14.3 Å². The van der Waals surface area contributed by atoms with Gasteiger partial charge in [-0.3, -0.25) is 4.79 Å². The number of rotatable bonds is 8. The van der Waals surface area contributed by atoms with Crippen LogP contribution in [0.4, 0.5) is 0 Å². The molecule has 3 rings (SSSR count). The Hall–Kier alpha value is -2.64. The molecule has 0 spiro atoms. The molecule has 5 nitrogen and oxygen atoms in total. The van der Waals surface area contributed by atoms with Gasteiger partial charge >= 0.3 is 0 Å². The molecule has 0 atom stereocenters. The minimum absolute atomic E-state index is 0.296. The molecular formula is C23H20Br2N2O3. The molecule has 1 amide bonds. The second-order valence-electron chi connectivity index (χ2n) is 6.24. The van der Waals surface area contributed by atoms with Crippen LogP contribution in [0.25, 0.3) is 0 Å². The fraction of sp³-hybridized carbons (Fsp3) is 0.130. The Morgan fingerprint density at radius 3 is 2.30 bits per heavy atom. The third-order valence-corrected chi connectivity index (χ3v) is 5.23. The first kappa shape index (κ1) is 22.1. The molecule has 30 heavy (non-hydrogen) atoms. The van der Waals surface area contributed by atoms with E-state index in [2.05, 4.69) is 42.4 Å². The van der Waals surface area contributed by atoms with E-state index < -0.39 is 0 Å². The van der Waals surface area contributed by atoms with E-state index in [1.54, 1.807) is 30.5 Å². The van der Waals surface area contributed by atoms with Gasteiger partial charge in [0.05, 0.1) is 21.8 Å².